The van der Waals surface area contributed by atoms with Gasteiger partial charge in [-0.15, -0.1) is 11.3 Å². The number of thiophene rings is 1. The lowest BCUT2D eigenvalue weighted by molar-refractivity contribution is 0.456. The van der Waals surface area contributed by atoms with E-state index >= 15 is 0 Å². The summed E-state index contributed by atoms with van der Waals surface area (Å²) in [4.78, 5) is 2.85. The van der Waals surface area contributed by atoms with Crippen molar-refractivity contribution in [2.75, 3.05) is 0 Å². The van der Waals surface area contributed by atoms with Crippen molar-refractivity contribution in [1.29, 1.82) is 0 Å². The van der Waals surface area contributed by atoms with Crippen molar-refractivity contribution in [3.05, 3.63) is 57.3 Å². The van der Waals surface area contributed by atoms with Crippen molar-refractivity contribution < 1.29 is 0 Å². The highest BCUT2D eigenvalue weighted by molar-refractivity contribution is 7.12. The fraction of sp³-hybridized carbons (Fsp3) is 0.444. The monoisotopic (exact) mass is 287 g/mol. The van der Waals surface area contributed by atoms with E-state index in [1.807, 2.05) is 11.3 Å². The Morgan fingerprint density at radius 2 is 1.80 bits per heavy atom. The molecule has 2 aromatic rings. The lowest BCUT2D eigenvalue weighted by atomic mass is 10.0. The maximum atomic E-state index is 3.73. The van der Waals surface area contributed by atoms with Gasteiger partial charge in [-0.05, 0) is 57.7 Å². The predicted molar refractivity (Wildman–Crippen MR) is 89.6 cm³/mol. The van der Waals surface area contributed by atoms with Crippen LogP contribution in [0.2, 0.25) is 0 Å². The van der Waals surface area contributed by atoms with Crippen LogP contribution in [-0.4, -0.2) is 6.04 Å². The molecule has 0 radical (unpaired) electrons. The van der Waals surface area contributed by atoms with Gasteiger partial charge >= 0.3 is 0 Å². The Hall–Kier alpha value is -1.12. The first-order valence-electron chi connectivity index (χ1n) is 7.43. The first-order valence-corrected chi connectivity index (χ1v) is 8.25. The zero-order valence-corrected chi connectivity index (χ0v) is 13.8. The van der Waals surface area contributed by atoms with Gasteiger partial charge in [0.05, 0.1) is 0 Å². The number of hydrogen-bond donors (Lipinski definition) is 1. The Morgan fingerprint density at radius 3 is 2.40 bits per heavy atom. The van der Waals surface area contributed by atoms with E-state index in [1.165, 1.54) is 27.3 Å². The smallest absolute Gasteiger partial charge is 0.0305 e. The summed E-state index contributed by atoms with van der Waals surface area (Å²) in [7, 11) is 0. The minimum absolute atomic E-state index is 0.436. The molecule has 0 amide bonds. The number of nitrogens with one attached hydrogen (secondary N) is 1. The van der Waals surface area contributed by atoms with Crippen molar-refractivity contribution in [2.45, 2.75) is 52.6 Å². The molecular formula is C18H25NS. The fourth-order valence-corrected chi connectivity index (χ4v) is 3.73. The van der Waals surface area contributed by atoms with Crippen molar-refractivity contribution in [1.82, 2.24) is 5.32 Å². The number of aryl methyl sites for hydroxylation is 3. The molecule has 1 heterocycles. The van der Waals surface area contributed by atoms with E-state index in [9.17, 15) is 0 Å². The first-order chi connectivity index (χ1) is 9.56. The maximum absolute atomic E-state index is 3.73. The van der Waals surface area contributed by atoms with E-state index in [0.717, 1.165) is 6.42 Å². The topological polar surface area (TPSA) is 12.0 Å². The summed E-state index contributed by atoms with van der Waals surface area (Å²) < 4.78 is 0. The Kier molecular flexibility index (Phi) is 5.38. The highest BCUT2D eigenvalue weighted by Gasteiger charge is 2.13. The third-order valence-electron chi connectivity index (χ3n) is 3.79. The van der Waals surface area contributed by atoms with Crippen LogP contribution in [0.4, 0.5) is 0 Å². The van der Waals surface area contributed by atoms with E-state index in [4.69, 9.17) is 0 Å². The van der Waals surface area contributed by atoms with E-state index in [-0.39, 0.29) is 0 Å². The van der Waals surface area contributed by atoms with Crippen LogP contribution >= 0.6 is 11.3 Å². The van der Waals surface area contributed by atoms with E-state index < -0.39 is 0 Å². The fourth-order valence-electron chi connectivity index (χ4n) is 2.71. The van der Waals surface area contributed by atoms with Gasteiger partial charge in [-0.1, -0.05) is 30.3 Å². The van der Waals surface area contributed by atoms with Crippen molar-refractivity contribution in [3.63, 3.8) is 0 Å². The molecule has 2 unspecified atom stereocenters. The molecule has 1 aromatic carbocycles. The Labute approximate surface area is 127 Å². The molecule has 1 aromatic heterocycles. The minimum Gasteiger partial charge on any atom is -0.308 e. The van der Waals surface area contributed by atoms with Crippen LogP contribution in [0.25, 0.3) is 0 Å². The van der Waals surface area contributed by atoms with E-state index in [2.05, 4.69) is 69.4 Å². The molecule has 0 fully saturated rings. The van der Waals surface area contributed by atoms with Crippen LogP contribution in [0.15, 0.2) is 36.4 Å². The van der Waals surface area contributed by atoms with Gasteiger partial charge in [0, 0.05) is 21.8 Å². The van der Waals surface area contributed by atoms with Crippen molar-refractivity contribution >= 4 is 11.3 Å². The maximum Gasteiger partial charge on any atom is 0.0305 e. The van der Waals surface area contributed by atoms with Gasteiger partial charge < -0.3 is 5.32 Å². The minimum atomic E-state index is 0.436. The van der Waals surface area contributed by atoms with Crippen LogP contribution in [0.5, 0.6) is 0 Å². The van der Waals surface area contributed by atoms with Crippen LogP contribution < -0.4 is 5.32 Å². The molecule has 0 saturated carbocycles. The quantitative estimate of drug-likeness (QED) is 0.785. The lowest BCUT2D eigenvalue weighted by Gasteiger charge is -2.20. The standard InChI is InChI=1S/C18H25NS/c1-13(10-11-17-8-6-5-7-9-17)19-15(3)18-12-14(2)20-16(18)4/h5-9,12-13,15,19H,10-11H2,1-4H3. The molecule has 0 aliphatic heterocycles. The zero-order valence-electron chi connectivity index (χ0n) is 12.9. The zero-order chi connectivity index (χ0) is 14.5. The SMILES string of the molecule is Cc1cc(C(C)NC(C)CCc2ccccc2)c(C)s1. The summed E-state index contributed by atoms with van der Waals surface area (Å²) in [6.45, 7) is 8.97. The molecule has 0 spiro atoms. The predicted octanol–water partition coefficient (Wildman–Crippen LogP) is 5.04. The average Bonchev–Trinajstić information content (AvgIpc) is 2.77. The summed E-state index contributed by atoms with van der Waals surface area (Å²) in [5, 5.41) is 3.73. The van der Waals surface area contributed by atoms with Gasteiger partial charge in [0.2, 0.25) is 0 Å². The molecule has 2 atom stereocenters. The molecule has 20 heavy (non-hydrogen) atoms. The second kappa shape index (κ2) is 7.05. The molecule has 0 bridgehead atoms. The van der Waals surface area contributed by atoms with Crippen molar-refractivity contribution in [2.24, 2.45) is 0 Å². The Morgan fingerprint density at radius 1 is 1.10 bits per heavy atom. The molecular weight excluding hydrogens is 262 g/mol. The summed E-state index contributed by atoms with van der Waals surface area (Å²) in [6.07, 6.45) is 2.32. The lowest BCUT2D eigenvalue weighted by Crippen LogP contribution is -2.29. The highest BCUT2D eigenvalue weighted by atomic mass is 32.1. The van der Waals surface area contributed by atoms with Gasteiger partial charge in [0.25, 0.3) is 0 Å². The summed E-state index contributed by atoms with van der Waals surface area (Å²) in [6, 6.07) is 14.0. The molecule has 2 heteroatoms. The van der Waals surface area contributed by atoms with Crippen LogP contribution in [0, 0.1) is 13.8 Å². The number of hydrogen-bond acceptors (Lipinski definition) is 2. The molecule has 1 N–H and O–H groups in total. The van der Waals surface area contributed by atoms with Crippen LogP contribution in [0.3, 0.4) is 0 Å². The second-order valence-corrected chi connectivity index (χ2v) is 7.14. The molecule has 0 saturated heterocycles. The van der Waals surface area contributed by atoms with Crippen molar-refractivity contribution in [3.8, 4) is 0 Å². The summed E-state index contributed by atoms with van der Waals surface area (Å²) in [5.74, 6) is 0. The highest BCUT2D eigenvalue weighted by Crippen LogP contribution is 2.26. The second-order valence-electron chi connectivity index (χ2n) is 5.68. The normalized spacial score (nSPS) is 14.2. The van der Waals surface area contributed by atoms with E-state index in [0.29, 0.717) is 12.1 Å². The van der Waals surface area contributed by atoms with Gasteiger partial charge in [-0.3, -0.25) is 0 Å². The Balaban J connectivity index is 1.85. The number of rotatable bonds is 6. The van der Waals surface area contributed by atoms with Crippen LogP contribution in [-0.2, 0) is 6.42 Å². The Bertz CT molecular complexity index is 530. The average molecular weight is 287 g/mol. The van der Waals surface area contributed by atoms with Gasteiger partial charge in [0.1, 0.15) is 0 Å². The van der Waals surface area contributed by atoms with E-state index in [1.54, 1.807) is 0 Å². The van der Waals surface area contributed by atoms with Gasteiger partial charge in [-0.2, -0.15) is 0 Å². The molecule has 0 aliphatic rings. The summed E-state index contributed by atoms with van der Waals surface area (Å²) >= 11 is 1.89. The molecule has 1 nitrogen and oxygen atoms in total. The molecule has 0 aliphatic carbocycles. The molecule has 2 rings (SSSR count). The first kappa shape index (κ1) is 15.3. The molecule has 108 valence electrons. The van der Waals surface area contributed by atoms with Gasteiger partial charge in [0.15, 0.2) is 0 Å². The third kappa shape index (κ3) is 4.19. The number of benzene rings is 1. The van der Waals surface area contributed by atoms with Crippen LogP contribution in [0.1, 0.15) is 47.2 Å². The third-order valence-corrected chi connectivity index (χ3v) is 4.77. The summed E-state index contributed by atoms with van der Waals surface area (Å²) in [5.41, 5.74) is 2.88. The largest absolute Gasteiger partial charge is 0.308 e. The van der Waals surface area contributed by atoms with Gasteiger partial charge in [-0.25, -0.2) is 0 Å².